The Hall–Kier alpha value is -3.55. The largest absolute Gasteiger partial charge is 0.352 e. The summed E-state index contributed by atoms with van der Waals surface area (Å²) in [4.78, 5) is 38.2. The molecule has 29 heavy (non-hydrogen) atoms. The van der Waals surface area contributed by atoms with Crippen LogP contribution in [0.4, 0.5) is 4.39 Å². The van der Waals surface area contributed by atoms with Gasteiger partial charge in [-0.05, 0) is 38.0 Å². The zero-order valence-electron chi connectivity index (χ0n) is 16.4. The molecule has 0 unspecified atom stereocenters. The molecule has 1 aromatic heterocycles. The van der Waals surface area contributed by atoms with E-state index in [1.807, 2.05) is 25.1 Å². The van der Waals surface area contributed by atoms with Crippen molar-refractivity contribution in [1.82, 2.24) is 19.7 Å². The van der Waals surface area contributed by atoms with Gasteiger partial charge in [-0.25, -0.2) is 9.18 Å². The average molecular weight is 396 g/mol. The quantitative estimate of drug-likeness (QED) is 0.714. The first-order chi connectivity index (χ1) is 13.8. The highest BCUT2D eigenvalue weighted by Gasteiger charge is 2.20. The third-order valence-electron chi connectivity index (χ3n) is 4.44. The minimum atomic E-state index is -0.800. The molecule has 1 N–H and O–H groups in total. The third kappa shape index (κ3) is 4.16. The van der Waals surface area contributed by atoms with Gasteiger partial charge < -0.3 is 5.32 Å². The van der Waals surface area contributed by atoms with Crippen LogP contribution in [0.15, 0.2) is 52.1 Å². The SMILES string of the molecule is CCNC(=O)c1nn(-c2ccc(C)c(F)c2)c(=O)n(Cc2cccc(C)c2)c1=O. The fourth-order valence-electron chi connectivity index (χ4n) is 2.92. The molecule has 7 nitrogen and oxygen atoms in total. The minimum absolute atomic E-state index is 0.0391. The number of nitrogens with one attached hydrogen (secondary N) is 1. The maximum absolute atomic E-state index is 14.1. The van der Waals surface area contributed by atoms with Gasteiger partial charge in [-0.2, -0.15) is 9.78 Å². The summed E-state index contributed by atoms with van der Waals surface area (Å²) in [6.07, 6.45) is 0. The van der Waals surface area contributed by atoms with Gasteiger partial charge in [0.05, 0.1) is 12.2 Å². The van der Waals surface area contributed by atoms with E-state index in [4.69, 9.17) is 0 Å². The summed E-state index contributed by atoms with van der Waals surface area (Å²) in [5.74, 6) is -1.22. The van der Waals surface area contributed by atoms with Crippen molar-refractivity contribution in [2.75, 3.05) is 6.54 Å². The number of hydrogen-bond donors (Lipinski definition) is 1. The van der Waals surface area contributed by atoms with E-state index in [9.17, 15) is 18.8 Å². The zero-order chi connectivity index (χ0) is 21.1. The highest BCUT2D eigenvalue weighted by molar-refractivity contribution is 5.91. The number of hydrogen-bond acceptors (Lipinski definition) is 4. The predicted molar refractivity (Wildman–Crippen MR) is 107 cm³/mol. The second-order valence-corrected chi connectivity index (χ2v) is 6.72. The van der Waals surface area contributed by atoms with Gasteiger partial charge in [-0.1, -0.05) is 35.9 Å². The Morgan fingerprint density at radius 3 is 2.55 bits per heavy atom. The van der Waals surface area contributed by atoms with Crippen LogP contribution in [0.1, 0.15) is 34.1 Å². The van der Waals surface area contributed by atoms with Gasteiger partial charge in [0.2, 0.25) is 5.69 Å². The Bertz CT molecular complexity index is 1200. The van der Waals surface area contributed by atoms with Gasteiger partial charge in [0, 0.05) is 12.6 Å². The van der Waals surface area contributed by atoms with Crippen LogP contribution >= 0.6 is 0 Å². The molecule has 3 rings (SSSR count). The molecule has 0 aliphatic carbocycles. The van der Waals surface area contributed by atoms with E-state index < -0.39 is 28.7 Å². The minimum Gasteiger partial charge on any atom is -0.351 e. The molecule has 0 spiro atoms. The summed E-state index contributed by atoms with van der Waals surface area (Å²) in [6.45, 7) is 5.44. The normalized spacial score (nSPS) is 10.8. The molecule has 0 aliphatic heterocycles. The maximum atomic E-state index is 14.1. The van der Waals surface area contributed by atoms with Gasteiger partial charge in [0.25, 0.3) is 11.5 Å². The van der Waals surface area contributed by atoms with Crippen LogP contribution in [-0.4, -0.2) is 26.8 Å². The number of benzene rings is 2. The molecule has 0 atom stereocenters. The van der Waals surface area contributed by atoms with Crippen LogP contribution in [0.5, 0.6) is 0 Å². The van der Waals surface area contributed by atoms with Crippen molar-refractivity contribution in [2.45, 2.75) is 27.3 Å². The van der Waals surface area contributed by atoms with Gasteiger partial charge in [-0.3, -0.25) is 14.2 Å². The molecule has 0 radical (unpaired) electrons. The molecule has 0 saturated carbocycles. The van der Waals surface area contributed by atoms with Crippen LogP contribution in [0.3, 0.4) is 0 Å². The number of carbonyl (C=O) groups is 1. The Balaban J connectivity index is 2.24. The lowest BCUT2D eigenvalue weighted by Crippen LogP contribution is -2.46. The van der Waals surface area contributed by atoms with Crippen molar-refractivity contribution < 1.29 is 9.18 Å². The van der Waals surface area contributed by atoms with Gasteiger partial charge in [0.15, 0.2) is 0 Å². The van der Waals surface area contributed by atoms with Crippen LogP contribution in [0, 0.1) is 19.7 Å². The summed E-state index contributed by atoms with van der Waals surface area (Å²) in [7, 11) is 0. The number of halogens is 1. The van der Waals surface area contributed by atoms with Crippen LogP contribution in [0.2, 0.25) is 0 Å². The van der Waals surface area contributed by atoms with E-state index >= 15 is 0 Å². The number of nitrogens with zero attached hydrogens (tertiary/aromatic N) is 3. The molecule has 0 fully saturated rings. The topological polar surface area (TPSA) is 86.0 Å². The van der Waals surface area contributed by atoms with Crippen molar-refractivity contribution in [3.8, 4) is 5.69 Å². The molecule has 0 aliphatic rings. The molecular weight excluding hydrogens is 375 g/mol. The average Bonchev–Trinajstić information content (AvgIpc) is 2.68. The van der Waals surface area contributed by atoms with Crippen molar-refractivity contribution in [1.29, 1.82) is 0 Å². The lowest BCUT2D eigenvalue weighted by atomic mass is 10.1. The lowest BCUT2D eigenvalue weighted by molar-refractivity contribution is 0.0946. The summed E-state index contributed by atoms with van der Waals surface area (Å²) in [5.41, 5.74) is 0.230. The van der Waals surface area contributed by atoms with Crippen molar-refractivity contribution in [3.63, 3.8) is 0 Å². The first-order valence-corrected chi connectivity index (χ1v) is 9.16. The van der Waals surface area contributed by atoms with E-state index in [1.165, 1.54) is 12.1 Å². The van der Waals surface area contributed by atoms with Gasteiger partial charge in [0.1, 0.15) is 5.82 Å². The molecule has 0 saturated heterocycles. The van der Waals surface area contributed by atoms with Gasteiger partial charge in [-0.15, -0.1) is 0 Å². The summed E-state index contributed by atoms with van der Waals surface area (Å²) in [6, 6.07) is 11.5. The number of amides is 1. The number of rotatable bonds is 5. The zero-order valence-corrected chi connectivity index (χ0v) is 16.4. The van der Waals surface area contributed by atoms with E-state index in [-0.39, 0.29) is 18.8 Å². The third-order valence-corrected chi connectivity index (χ3v) is 4.44. The van der Waals surface area contributed by atoms with E-state index in [0.717, 1.165) is 26.4 Å². The Morgan fingerprint density at radius 2 is 1.90 bits per heavy atom. The second kappa shape index (κ2) is 8.22. The fraction of sp³-hybridized carbons (Fsp3) is 0.238. The monoisotopic (exact) mass is 396 g/mol. The van der Waals surface area contributed by atoms with Crippen LogP contribution < -0.4 is 16.6 Å². The second-order valence-electron chi connectivity index (χ2n) is 6.72. The van der Waals surface area contributed by atoms with E-state index in [0.29, 0.717) is 5.56 Å². The molecule has 2 aromatic carbocycles. The summed E-state index contributed by atoms with van der Waals surface area (Å²) in [5, 5.41) is 6.46. The molecule has 3 aromatic rings. The van der Waals surface area contributed by atoms with E-state index in [2.05, 4.69) is 10.4 Å². The first-order valence-electron chi connectivity index (χ1n) is 9.16. The summed E-state index contributed by atoms with van der Waals surface area (Å²) < 4.78 is 15.9. The van der Waals surface area contributed by atoms with Crippen LogP contribution in [-0.2, 0) is 6.54 Å². The highest BCUT2D eigenvalue weighted by Crippen LogP contribution is 2.11. The van der Waals surface area contributed by atoms with Crippen molar-refractivity contribution in [2.24, 2.45) is 0 Å². The first kappa shape index (κ1) is 20.2. The Morgan fingerprint density at radius 1 is 1.14 bits per heavy atom. The summed E-state index contributed by atoms with van der Waals surface area (Å²) >= 11 is 0. The number of aromatic nitrogens is 3. The molecule has 1 heterocycles. The molecule has 0 bridgehead atoms. The molecular formula is C21H21FN4O3. The highest BCUT2D eigenvalue weighted by atomic mass is 19.1. The molecule has 150 valence electrons. The maximum Gasteiger partial charge on any atom is 0.352 e. The van der Waals surface area contributed by atoms with Crippen LogP contribution in [0.25, 0.3) is 5.69 Å². The number of carbonyl (C=O) groups excluding carboxylic acids is 1. The Labute approximate surface area is 166 Å². The van der Waals surface area contributed by atoms with Crippen molar-refractivity contribution >= 4 is 5.91 Å². The standard InChI is InChI=1S/C21H21FN4O3/c1-4-23-19(27)18-20(28)25(12-15-7-5-6-13(2)10-15)21(29)26(24-18)16-9-8-14(3)17(22)11-16/h5-11H,4,12H2,1-3H3,(H,23,27). The lowest BCUT2D eigenvalue weighted by Gasteiger charge is -2.13. The molecule has 1 amide bonds. The molecule has 8 heteroatoms. The van der Waals surface area contributed by atoms with E-state index in [1.54, 1.807) is 19.9 Å². The van der Waals surface area contributed by atoms with Gasteiger partial charge >= 0.3 is 5.69 Å². The predicted octanol–water partition coefficient (Wildman–Crippen LogP) is 1.95. The fourth-order valence-corrected chi connectivity index (χ4v) is 2.92. The van der Waals surface area contributed by atoms with Crippen molar-refractivity contribution in [3.05, 3.63) is 91.5 Å². The Kier molecular flexibility index (Phi) is 5.72. The number of aryl methyl sites for hydroxylation is 2. The smallest absolute Gasteiger partial charge is 0.351 e.